The molecule has 3 N–H and O–H groups in total. The molecule has 4 nitrogen and oxygen atoms in total. The summed E-state index contributed by atoms with van der Waals surface area (Å²) < 4.78 is 5.38. The van der Waals surface area contributed by atoms with Gasteiger partial charge in [0.25, 0.3) is 0 Å². The molecule has 0 saturated carbocycles. The van der Waals surface area contributed by atoms with E-state index in [4.69, 9.17) is 10.5 Å². The van der Waals surface area contributed by atoms with E-state index in [1.54, 1.807) is 6.08 Å². The van der Waals surface area contributed by atoms with Gasteiger partial charge >= 0.3 is 0 Å². The predicted octanol–water partition coefficient (Wildman–Crippen LogP) is 2.24. The fraction of sp³-hybridized carbons (Fsp3) is 0.357. The fourth-order valence-electron chi connectivity index (χ4n) is 1.54. The number of anilines is 1. The number of amides is 1. The Kier molecular flexibility index (Phi) is 5.39. The molecule has 18 heavy (non-hydrogen) atoms. The maximum atomic E-state index is 11.8. The van der Waals surface area contributed by atoms with Crippen molar-refractivity contribution in [2.45, 2.75) is 26.3 Å². The first kappa shape index (κ1) is 14.3. The van der Waals surface area contributed by atoms with Crippen LogP contribution in [0.3, 0.4) is 0 Å². The minimum atomic E-state index is -0.562. The van der Waals surface area contributed by atoms with Crippen molar-refractivity contribution in [3.05, 3.63) is 36.4 Å². The Hall–Kier alpha value is -1.81. The molecule has 0 aliphatic heterocycles. The van der Waals surface area contributed by atoms with E-state index in [9.17, 15) is 4.79 Å². The van der Waals surface area contributed by atoms with E-state index in [-0.39, 0.29) is 5.91 Å². The molecule has 0 aliphatic carbocycles. The average Bonchev–Trinajstić information content (AvgIpc) is 2.33. The molecule has 0 heterocycles. The van der Waals surface area contributed by atoms with Gasteiger partial charge in [-0.3, -0.25) is 4.79 Å². The summed E-state index contributed by atoms with van der Waals surface area (Å²) in [6, 6.07) is 4.97. The summed E-state index contributed by atoms with van der Waals surface area (Å²) in [5.74, 6) is 0.588. The summed E-state index contributed by atoms with van der Waals surface area (Å²) in [5.41, 5.74) is 7.39. The molecule has 0 aromatic heterocycles. The zero-order chi connectivity index (χ0) is 13.5. The van der Waals surface area contributed by atoms with Crippen LogP contribution in [-0.2, 0) is 4.79 Å². The second kappa shape index (κ2) is 6.81. The summed E-state index contributed by atoms with van der Waals surface area (Å²) in [7, 11) is 0. The van der Waals surface area contributed by atoms with Crippen LogP contribution < -0.4 is 15.8 Å². The van der Waals surface area contributed by atoms with Gasteiger partial charge in [0.15, 0.2) is 0 Å². The molecule has 4 heteroatoms. The molecule has 0 aliphatic rings. The average molecular weight is 248 g/mol. The summed E-state index contributed by atoms with van der Waals surface area (Å²) in [6.07, 6.45) is 2.09. The van der Waals surface area contributed by atoms with Gasteiger partial charge in [-0.2, -0.15) is 0 Å². The normalized spacial score (nSPS) is 11.7. The van der Waals surface area contributed by atoms with Crippen LogP contribution in [0.25, 0.3) is 0 Å². The van der Waals surface area contributed by atoms with Gasteiger partial charge in [0.2, 0.25) is 5.91 Å². The molecule has 1 atom stereocenters. The number of rotatable bonds is 6. The Bertz CT molecular complexity index is 430. The van der Waals surface area contributed by atoms with Crippen molar-refractivity contribution in [3.63, 3.8) is 0 Å². The maximum Gasteiger partial charge on any atom is 0.241 e. The van der Waals surface area contributed by atoms with Gasteiger partial charge in [-0.05, 0) is 44.0 Å². The lowest BCUT2D eigenvalue weighted by Crippen LogP contribution is -2.35. The van der Waals surface area contributed by atoms with Crippen molar-refractivity contribution in [3.8, 4) is 5.75 Å². The van der Waals surface area contributed by atoms with Crippen LogP contribution >= 0.6 is 0 Å². The zero-order valence-electron chi connectivity index (χ0n) is 10.9. The van der Waals surface area contributed by atoms with Crippen molar-refractivity contribution in [1.82, 2.24) is 0 Å². The number of benzene rings is 1. The first-order chi connectivity index (χ1) is 8.58. The lowest BCUT2D eigenvalue weighted by Gasteiger charge is -2.13. The molecule has 0 spiro atoms. The van der Waals surface area contributed by atoms with Crippen LogP contribution in [0.4, 0.5) is 5.69 Å². The Morgan fingerprint density at radius 2 is 2.33 bits per heavy atom. The van der Waals surface area contributed by atoms with Crippen LogP contribution in [0.1, 0.15) is 18.9 Å². The largest absolute Gasteiger partial charge is 0.494 e. The molecule has 1 amide bonds. The molecule has 0 fully saturated rings. The van der Waals surface area contributed by atoms with E-state index in [1.807, 2.05) is 32.0 Å². The minimum Gasteiger partial charge on any atom is -0.494 e. The number of aryl methyl sites for hydroxylation is 1. The summed E-state index contributed by atoms with van der Waals surface area (Å²) >= 11 is 0. The van der Waals surface area contributed by atoms with Crippen LogP contribution in [0.15, 0.2) is 30.9 Å². The second-order valence-electron chi connectivity index (χ2n) is 4.03. The molecular formula is C14H20N2O2. The van der Waals surface area contributed by atoms with Gasteiger partial charge in [-0.15, -0.1) is 6.58 Å². The monoisotopic (exact) mass is 248 g/mol. The lowest BCUT2D eigenvalue weighted by atomic mass is 10.1. The summed E-state index contributed by atoms with van der Waals surface area (Å²) in [4.78, 5) is 11.8. The predicted molar refractivity (Wildman–Crippen MR) is 73.8 cm³/mol. The van der Waals surface area contributed by atoms with Crippen molar-refractivity contribution < 1.29 is 9.53 Å². The SMILES string of the molecule is C=CCC(N)C(=O)Nc1ccc(OCC)cc1C. The molecule has 0 bridgehead atoms. The number of nitrogens with one attached hydrogen (secondary N) is 1. The number of hydrogen-bond acceptors (Lipinski definition) is 3. The number of ether oxygens (including phenoxy) is 1. The van der Waals surface area contributed by atoms with Crippen molar-refractivity contribution >= 4 is 11.6 Å². The van der Waals surface area contributed by atoms with Gasteiger partial charge in [0.1, 0.15) is 5.75 Å². The lowest BCUT2D eigenvalue weighted by molar-refractivity contribution is -0.117. The first-order valence-corrected chi connectivity index (χ1v) is 5.99. The Morgan fingerprint density at radius 1 is 1.61 bits per heavy atom. The van der Waals surface area contributed by atoms with Crippen LogP contribution in [0, 0.1) is 6.92 Å². The highest BCUT2D eigenvalue weighted by Gasteiger charge is 2.12. The highest BCUT2D eigenvalue weighted by atomic mass is 16.5. The van der Waals surface area contributed by atoms with E-state index in [2.05, 4.69) is 11.9 Å². The molecule has 1 rings (SSSR count). The topological polar surface area (TPSA) is 64.4 Å². The molecular weight excluding hydrogens is 228 g/mol. The van der Waals surface area contributed by atoms with E-state index in [1.165, 1.54) is 0 Å². The fourth-order valence-corrected chi connectivity index (χ4v) is 1.54. The van der Waals surface area contributed by atoms with E-state index < -0.39 is 6.04 Å². The Morgan fingerprint density at radius 3 is 2.89 bits per heavy atom. The summed E-state index contributed by atoms with van der Waals surface area (Å²) in [6.45, 7) is 8.03. The van der Waals surface area contributed by atoms with Gasteiger partial charge in [0.05, 0.1) is 12.6 Å². The quantitative estimate of drug-likeness (QED) is 0.759. The van der Waals surface area contributed by atoms with Crippen molar-refractivity contribution in [2.75, 3.05) is 11.9 Å². The Balaban J connectivity index is 2.73. The number of carbonyl (C=O) groups is 1. The van der Waals surface area contributed by atoms with E-state index >= 15 is 0 Å². The highest BCUT2D eigenvalue weighted by Crippen LogP contribution is 2.21. The van der Waals surface area contributed by atoms with Gasteiger partial charge in [-0.25, -0.2) is 0 Å². The molecule has 98 valence electrons. The second-order valence-corrected chi connectivity index (χ2v) is 4.03. The third-order valence-electron chi connectivity index (χ3n) is 2.52. The van der Waals surface area contributed by atoms with Crippen molar-refractivity contribution in [2.24, 2.45) is 5.73 Å². The molecule has 1 aromatic rings. The summed E-state index contributed by atoms with van der Waals surface area (Å²) in [5, 5.41) is 2.80. The molecule has 0 radical (unpaired) electrons. The minimum absolute atomic E-state index is 0.206. The third-order valence-corrected chi connectivity index (χ3v) is 2.52. The number of nitrogens with two attached hydrogens (primary N) is 1. The van der Waals surface area contributed by atoms with E-state index in [0.29, 0.717) is 13.0 Å². The zero-order valence-corrected chi connectivity index (χ0v) is 10.9. The molecule has 0 saturated heterocycles. The van der Waals surface area contributed by atoms with Gasteiger partial charge in [0, 0.05) is 5.69 Å². The van der Waals surface area contributed by atoms with Gasteiger partial charge in [-0.1, -0.05) is 6.08 Å². The van der Waals surface area contributed by atoms with E-state index in [0.717, 1.165) is 17.0 Å². The molecule has 1 aromatic carbocycles. The Labute approximate surface area is 108 Å². The standard InChI is InChI=1S/C14H20N2O2/c1-4-6-12(15)14(17)16-13-8-7-11(18-5-2)9-10(13)3/h4,7-9,12H,1,5-6,15H2,2-3H3,(H,16,17). The number of carbonyl (C=O) groups excluding carboxylic acids is 1. The van der Waals surface area contributed by atoms with Crippen LogP contribution in [0.5, 0.6) is 5.75 Å². The first-order valence-electron chi connectivity index (χ1n) is 5.99. The maximum absolute atomic E-state index is 11.8. The highest BCUT2D eigenvalue weighted by molar-refractivity contribution is 5.95. The smallest absolute Gasteiger partial charge is 0.241 e. The van der Waals surface area contributed by atoms with Crippen molar-refractivity contribution in [1.29, 1.82) is 0 Å². The van der Waals surface area contributed by atoms with Crippen LogP contribution in [0.2, 0.25) is 0 Å². The van der Waals surface area contributed by atoms with Crippen LogP contribution in [-0.4, -0.2) is 18.6 Å². The third kappa shape index (κ3) is 3.89. The van der Waals surface area contributed by atoms with Gasteiger partial charge < -0.3 is 15.8 Å². The number of hydrogen-bond donors (Lipinski definition) is 2. The molecule has 1 unspecified atom stereocenters.